The van der Waals surface area contributed by atoms with Gasteiger partial charge in [0.05, 0.1) is 12.6 Å². The molecule has 0 aliphatic carbocycles. The Labute approximate surface area is 99.6 Å². The van der Waals surface area contributed by atoms with E-state index in [-0.39, 0.29) is 19.1 Å². The number of carbonyl (C=O) groups is 1. The van der Waals surface area contributed by atoms with Crippen LogP contribution < -0.4 is 11.1 Å². The summed E-state index contributed by atoms with van der Waals surface area (Å²) in [7, 11) is 1.58. The fraction of sp³-hybridized carbons (Fsp3) is 0.900. The first-order chi connectivity index (χ1) is 8.07. The molecule has 17 heavy (non-hydrogen) atoms. The molecule has 7 heteroatoms. The molecule has 5 nitrogen and oxygen atoms in total. The third-order valence-electron chi connectivity index (χ3n) is 1.99. The Morgan fingerprint density at radius 2 is 2.12 bits per heavy atom. The van der Waals surface area contributed by atoms with Crippen LogP contribution in [0.15, 0.2) is 0 Å². The molecule has 0 heterocycles. The lowest BCUT2D eigenvalue weighted by molar-refractivity contribution is -0.122. The van der Waals surface area contributed by atoms with Crippen molar-refractivity contribution in [3.8, 4) is 0 Å². The SMILES string of the molecule is COCCCC(N)C(=O)NCCOCC(F)F. The minimum atomic E-state index is -2.48. The van der Waals surface area contributed by atoms with Crippen LogP contribution in [0.3, 0.4) is 0 Å². The second-order valence-corrected chi connectivity index (χ2v) is 3.50. The fourth-order valence-electron chi connectivity index (χ4n) is 1.13. The molecule has 0 aromatic rings. The lowest BCUT2D eigenvalue weighted by atomic mass is 10.1. The van der Waals surface area contributed by atoms with Gasteiger partial charge < -0.3 is 20.5 Å². The topological polar surface area (TPSA) is 73.6 Å². The first kappa shape index (κ1) is 16.2. The molecular weight excluding hydrogens is 234 g/mol. The summed E-state index contributed by atoms with van der Waals surface area (Å²) in [6, 6.07) is -0.597. The van der Waals surface area contributed by atoms with Crippen molar-refractivity contribution in [1.82, 2.24) is 5.32 Å². The van der Waals surface area contributed by atoms with E-state index in [2.05, 4.69) is 10.1 Å². The summed E-state index contributed by atoms with van der Waals surface area (Å²) < 4.78 is 32.8. The summed E-state index contributed by atoms with van der Waals surface area (Å²) in [6.07, 6.45) is -1.26. The summed E-state index contributed by atoms with van der Waals surface area (Å²) >= 11 is 0. The third-order valence-corrected chi connectivity index (χ3v) is 1.99. The molecule has 0 rings (SSSR count). The molecule has 0 aromatic heterocycles. The predicted octanol–water partition coefficient (Wildman–Crippen LogP) is 0.138. The van der Waals surface area contributed by atoms with Crippen molar-refractivity contribution < 1.29 is 23.0 Å². The van der Waals surface area contributed by atoms with Gasteiger partial charge in [-0.1, -0.05) is 0 Å². The molecule has 0 saturated carbocycles. The molecule has 0 radical (unpaired) electrons. The Balaban J connectivity index is 3.44. The maximum Gasteiger partial charge on any atom is 0.261 e. The van der Waals surface area contributed by atoms with E-state index in [0.717, 1.165) is 0 Å². The number of rotatable bonds is 10. The van der Waals surface area contributed by atoms with E-state index in [1.165, 1.54) is 0 Å². The van der Waals surface area contributed by atoms with E-state index in [4.69, 9.17) is 10.5 Å². The summed E-state index contributed by atoms with van der Waals surface area (Å²) in [5.41, 5.74) is 5.59. The molecule has 3 N–H and O–H groups in total. The molecule has 102 valence electrons. The highest BCUT2D eigenvalue weighted by Gasteiger charge is 2.12. The first-order valence-electron chi connectivity index (χ1n) is 5.46. The van der Waals surface area contributed by atoms with Crippen LogP contribution in [-0.4, -0.2) is 51.8 Å². The number of alkyl halides is 2. The highest BCUT2D eigenvalue weighted by atomic mass is 19.3. The van der Waals surface area contributed by atoms with E-state index in [1.807, 2.05) is 0 Å². The second kappa shape index (κ2) is 10.4. The molecule has 0 aliphatic rings. The molecule has 0 bridgehead atoms. The van der Waals surface area contributed by atoms with Crippen LogP contribution in [0, 0.1) is 0 Å². The van der Waals surface area contributed by atoms with E-state index in [9.17, 15) is 13.6 Å². The third kappa shape index (κ3) is 10.1. The van der Waals surface area contributed by atoms with E-state index in [1.54, 1.807) is 7.11 Å². The van der Waals surface area contributed by atoms with Gasteiger partial charge in [-0.15, -0.1) is 0 Å². The van der Waals surface area contributed by atoms with E-state index >= 15 is 0 Å². The number of nitrogens with two attached hydrogens (primary N) is 1. The zero-order valence-corrected chi connectivity index (χ0v) is 9.96. The van der Waals surface area contributed by atoms with Crippen LogP contribution in [0.2, 0.25) is 0 Å². The number of methoxy groups -OCH3 is 1. The van der Waals surface area contributed by atoms with Gasteiger partial charge in [-0.25, -0.2) is 8.78 Å². The molecule has 0 spiro atoms. The Morgan fingerprint density at radius 3 is 2.71 bits per heavy atom. The maximum absolute atomic E-state index is 11.7. The Hall–Kier alpha value is -0.790. The molecule has 1 amide bonds. The molecule has 0 aromatic carbocycles. The summed E-state index contributed by atoms with van der Waals surface area (Å²) in [6.45, 7) is 0.179. The quantitative estimate of drug-likeness (QED) is 0.544. The number of hydrogen-bond donors (Lipinski definition) is 2. The largest absolute Gasteiger partial charge is 0.385 e. The summed E-state index contributed by atoms with van der Waals surface area (Å²) in [5.74, 6) is -0.304. The monoisotopic (exact) mass is 254 g/mol. The number of nitrogens with one attached hydrogen (secondary N) is 1. The van der Waals surface area contributed by atoms with Gasteiger partial charge >= 0.3 is 0 Å². The zero-order valence-electron chi connectivity index (χ0n) is 9.96. The van der Waals surface area contributed by atoms with Gasteiger partial charge in [0.1, 0.15) is 6.61 Å². The number of hydrogen-bond acceptors (Lipinski definition) is 4. The smallest absolute Gasteiger partial charge is 0.261 e. The van der Waals surface area contributed by atoms with E-state index in [0.29, 0.717) is 19.4 Å². The van der Waals surface area contributed by atoms with Gasteiger partial charge in [0, 0.05) is 20.3 Å². The molecule has 0 fully saturated rings. The van der Waals surface area contributed by atoms with Crippen molar-refractivity contribution >= 4 is 5.91 Å². The van der Waals surface area contributed by atoms with Gasteiger partial charge in [-0.05, 0) is 12.8 Å². The van der Waals surface area contributed by atoms with Crippen LogP contribution in [0.4, 0.5) is 8.78 Å². The average molecular weight is 254 g/mol. The molecular formula is C10H20F2N2O3. The molecule has 1 unspecified atom stereocenters. The van der Waals surface area contributed by atoms with E-state index < -0.39 is 19.1 Å². The van der Waals surface area contributed by atoms with Crippen LogP contribution in [0.1, 0.15) is 12.8 Å². The zero-order chi connectivity index (χ0) is 13.1. The normalized spacial score (nSPS) is 12.8. The van der Waals surface area contributed by atoms with Gasteiger partial charge in [0.25, 0.3) is 6.43 Å². The average Bonchev–Trinajstić information content (AvgIpc) is 2.28. The summed E-state index contributed by atoms with van der Waals surface area (Å²) in [5, 5.41) is 2.51. The number of amides is 1. The molecule has 0 saturated heterocycles. The van der Waals surface area contributed by atoms with Crippen molar-refractivity contribution in [2.45, 2.75) is 25.3 Å². The Bertz CT molecular complexity index is 206. The lowest BCUT2D eigenvalue weighted by Crippen LogP contribution is -2.42. The van der Waals surface area contributed by atoms with Gasteiger partial charge in [0.15, 0.2) is 0 Å². The van der Waals surface area contributed by atoms with Gasteiger partial charge in [-0.2, -0.15) is 0 Å². The van der Waals surface area contributed by atoms with Crippen LogP contribution in [-0.2, 0) is 14.3 Å². The van der Waals surface area contributed by atoms with Gasteiger partial charge in [-0.3, -0.25) is 4.79 Å². The number of halogens is 2. The van der Waals surface area contributed by atoms with Gasteiger partial charge in [0.2, 0.25) is 5.91 Å². The number of ether oxygens (including phenoxy) is 2. The van der Waals surface area contributed by atoms with Crippen LogP contribution in [0.5, 0.6) is 0 Å². The van der Waals surface area contributed by atoms with Crippen molar-refractivity contribution in [1.29, 1.82) is 0 Å². The van der Waals surface area contributed by atoms with Crippen molar-refractivity contribution in [2.24, 2.45) is 5.73 Å². The maximum atomic E-state index is 11.7. The van der Waals surface area contributed by atoms with Crippen LogP contribution >= 0.6 is 0 Å². The minimum Gasteiger partial charge on any atom is -0.385 e. The highest BCUT2D eigenvalue weighted by molar-refractivity contribution is 5.81. The molecule has 1 atom stereocenters. The highest BCUT2D eigenvalue weighted by Crippen LogP contribution is 1.95. The molecule has 0 aliphatic heterocycles. The minimum absolute atomic E-state index is 0.0564. The number of carbonyl (C=O) groups excluding carboxylic acids is 1. The summed E-state index contributed by atoms with van der Waals surface area (Å²) in [4.78, 5) is 11.4. The first-order valence-corrected chi connectivity index (χ1v) is 5.46. The van der Waals surface area contributed by atoms with Crippen molar-refractivity contribution in [2.75, 3.05) is 33.5 Å². The predicted molar refractivity (Wildman–Crippen MR) is 58.9 cm³/mol. The van der Waals surface area contributed by atoms with Crippen molar-refractivity contribution in [3.63, 3.8) is 0 Å². The Morgan fingerprint density at radius 1 is 1.41 bits per heavy atom. The second-order valence-electron chi connectivity index (χ2n) is 3.50. The van der Waals surface area contributed by atoms with Crippen LogP contribution in [0.25, 0.3) is 0 Å². The standard InChI is InChI=1S/C10H20F2N2O3/c1-16-5-2-3-8(13)10(15)14-4-6-17-7-9(11)12/h8-9H,2-7,13H2,1H3,(H,14,15). The Kier molecular flexibility index (Phi) is 9.89. The van der Waals surface area contributed by atoms with Crippen molar-refractivity contribution in [3.05, 3.63) is 0 Å². The fourth-order valence-corrected chi connectivity index (χ4v) is 1.13. The lowest BCUT2D eigenvalue weighted by Gasteiger charge is -2.12.